The molecule has 0 unspecified atom stereocenters. The van der Waals surface area contributed by atoms with E-state index >= 15 is 0 Å². The van der Waals surface area contributed by atoms with Crippen LogP contribution in [0.1, 0.15) is 18.4 Å². The quantitative estimate of drug-likeness (QED) is 0.757. The third kappa shape index (κ3) is 3.50. The molecule has 1 heterocycles. The first-order valence-electron chi connectivity index (χ1n) is 5.49. The molecule has 17 heavy (non-hydrogen) atoms. The second kappa shape index (κ2) is 6.28. The molecule has 0 atom stereocenters. The monoisotopic (exact) mass is 338 g/mol. The topological polar surface area (TPSA) is 18.5 Å². The van der Waals surface area contributed by atoms with Gasteiger partial charge in [-0.25, -0.2) is 0 Å². The molecule has 5 heteroatoms. The van der Waals surface area contributed by atoms with E-state index in [2.05, 4.69) is 15.9 Å². The van der Waals surface area contributed by atoms with Crippen molar-refractivity contribution in [3.8, 4) is 5.75 Å². The van der Waals surface area contributed by atoms with Crippen LogP contribution in [-0.2, 0) is 10.1 Å². The Balaban J connectivity index is 2.18. The molecule has 1 aliphatic heterocycles. The molecule has 0 spiro atoms. The highest BCUT2D eigenvalue weighted by atomic mass is 79.9. The first kappa shape index (κ1) is 13.5. The van der Waals surface area contributed by atoms with Crippen LogP contribution in [0.5, 0.6) is 5.75 Å². The average Bonchev–Trinajstić information content (AvgIpc) is 2.33. The van der Waals surface area contributed by atoms with Gasteiger partial charge in [0.15, 0.2) is 0 Å². The summed E-state index contributed by atoms with van der Waals surface area (Å²) in [5, 5.41) is 1.87. The Hall–Kier alpha value is 0.0400. The molecule has 94 valence electrons. The zero-order chi connectivity index (χ0) is 12.3. The minimum Gasteiger partial charge on any atom is -0.488 e. The molecule has 2 nitrogen and oxygen atoms in total. The Morgan fingerprint density at radius 1 is 1.29 bits per heavy atom. The number of rotatable bonds is 3. The molecule has 0 aromatic heterocycles. The minimum absolute atomic E-state index is 0.181. The fourth-order valence-electron chi connectivity index (χ4n) is 1.81. The lowest BCUT2D eigenvalue weighted by Gasteiger charge is -2.25. The first-order valence-corrected chi connectivity index (χ1v) is 7.36. The summed E-state index contributed by atoms with van der Waals surface area (Å²) >= 11 is 15.6. The highest BCUT2D eigenvalue weighted by molar-refractivity contribution is 9.08. The van der Waals surface area contributed by atoms with E-state index in [4.69, 9.17) is 32.7 Å². The van der Waals surface area contributed by atoms with Gasteiger partial charge in [-0.15, -0.1) is 0 Å². The maximum atomic E-state index is 6.17. The van der Waals surface area contributed by atoms with E-state index in [0.29, 0.717) is 15.4 Å². The van der Waals surface area contributed by atoms with Gasteiger partial charge in [0, 0.05) is 28.8 Å². The SMILES string of the molecule is Clc1cc(Cl)c(OC2CCOCC2)c(CBr)c1. The molecule has 1 fully saturated rings. The highest BCUT2D eigenvalue weighted by Gasteiger charge is 2.19. The van der Waals surface area contributed by atoms with Gasteiger partial charge in [-0.1, -0.05) is 39.1 Å². The molecule has 0 N–H and O–H groups in total. The molecule has 1 aromatic rings. The summed E-state index contributed by atoms with van der Waals surface area (Å²) in [7, 11) is 0. The van der Waals surface area contributed by atoms with E-state index in [1.165, 1.54) is 0 Å². The maximum Gasteiger partial charge on any atom is 0.142 e. The van der Waals surface area contributed by atoms with Gasteiger partial charge < -0.3 is 9.47 Å². The van der Waals surface area contributed by atoms with E-state index in [1.54, 1.807) is 6.07 Å². The molecule has 0 aliphatic carbocycles. The standard InChI is InChI=1S/C12H13BrCl2O2/c13-7-8-5-9(14)6-11(15)12(8)17-10-1-3-16-4-2-10/h5-6,10H,1-4,7H2. The van der Waals surface area contributed by atoms with E-state index in [1.807, 2.05) is 6.07 Å². The molecule has 0 radical (unpaired) electrons. The summed E-state index contributed by atoms with van der Waals surface area (Å²) in [5.41, 5.74) is 0.981. The lowest BCUT2D eigenvalue weighted by atomic mass is 10.1. The molecule has 0 saturated carbocycles. The number of hydrogen-bond donors (Lipinski definition) is 0. The average molecular weight is 340 g/mol. The smallest absolute Gasteiger partial charge is 0.142 e. The molecule has 0 bridgehead atoms. The fourth-order valence-corrected chi connectivity index (χ4v) is 2.80. The lowest BCUT2D eigenvalue weighted by molar-refractivity contribution is 0.0253. The van der Waals surface area contributed by atoms with Crippen molar-refractivity contribution < 1.29 is 9.47 Å². The van der Waals surface area contributed by atoms with Crippen LogP contribution < -0.4 is 4.74 Å². The Morgan fingerprint density at radius 2 is 2.00 bits per heavy atom. The van der Waals surface area contributed by atoms with Gasteiger partial charge in [0.25, 0.3) is 0 Å². The van der Waals surface area contributed by atoms with Crippen molar-refractivity contribution >= 4 is 39.1 Å². The summed E-state index contributed by atoms with van der Waals surface area (Å²) in [6.07, 6.45) is 1.99. The lowest BCUT2D eigenvalue weighted by Crippen LogP contribution is -2.26. The molecule has 1 aliphatic rings. The zero-order valence-corrected chi connectivity index (χ0v) is 12.3. The first-order chi connectivity index (χ1) is 8.20. The van der Waals surface area contributed by atoms with Gasteiger partial charge in [-0.05, 0) is 12.1 Å². The summed E-state index contributed by atoms with van der Waals surface area (Å²) in [6.45, 7) is 1.50. The van der Waals surface area contributed by atoms with E-state index < -0.39 is 0 Å². The van der Waals surface area contributed by atoms with Crippen molar-refractivity contribution in [1.29, 1.82) is 0 Å². The van der Waals surface area contributed by atoms with E-state index in [0.717, 1.165) is 37.4 Å². The van der Waals surface area contributed by atoms with Crippen molar-refractivity contribution in [3.05, 3.63) is 27.7 Å². The van der Waals surface area contributed by atoms with Crippen LogP contribution in [0.15, 0.2) is 12.1 Å². The number of hydrogen-bond acceptors (Lipinski definition) is 2. The Labute approximate surface area is 119 Å². The summed E-state index contributed by atoms with van der Waals surface area (Å²) in [4.78, 5) is 0. The third-order valence-corrected chi connectivity index (χ3v) is 3.79. The van der Waals surface area contributed by atoms with Gasteiger partial charge in [-0.3, -0.25) is 0 Å². The van der Waals surface area contributed by atoms with Crippen LogP contribution in [0, 0.1) is 0 Å². The normalized spacial score (nSPS) is 17.1. The largest absolute Gasteiger partial charge is 0.488 e. The van der Waals surface area contributed by atoms with Crippen molar-refractivity contribution in [2.75, 3.05) is 13.2 Å². The fraction of sp³-hybridized carbons (Fsp3) is 0.500. The molecular weight excluding hydrogens is 327 g/mol. The molecular formula is C12H13BrCl2O2. The second-order valence-electron chi connectivity index (χ2n) is 3.94. The predicted octanol–water partition coefficient (Wildman–Crippen LogP) is 4.45. The number of alkyl halides is 1. The van der Waals surface area contributed by atoms with E-state index in [9.17, 15) is 0 Å². The third-order valence-electron chi connectivity index (χ3n) is 2.68. The van der Waals surface area contributed by atoms with Crippen LogP contribution in [0.3, 0.4) is 0 Å². The van der Waals surface area contributed by atoms with Crippen LogP contribution in [0.25, 0.3) is 0 Å². The summed E-state index contributed by atoms with van der Waals surface area (Å²) in [5.74, 6) is 0.736. The number of ether oxygens (including phenoxy) is 2. The van der Waals surface area contributed by atoms with Gasteiger partial charge in [0.1, 0.15) is 11.9 Å². The molecule has 1 saturated heterocycles. The molecule has 2 rings (SSSR count). The Bertz CT molecular complexity index is 392. The van der Waals surface area contributed by atoms with Crippen LogP contribution >= 0.6 is 39.1 Å². The van der Waals surface area contributed by atoms with Crippen molar-refractivity contribution in [2.45, 2.75) is 24.3 Å². The van der Waals surface area contributed by atoms with Crippen molar-refractivity contribution in [1.82, 2.24) is 0 Å². The Kier molecular flexibility index (Phi) is 4.97. The van der Waals surface area contributed by atoms with Crippen LogP contribution in [0.2, 0.25) is 10.0 Å². The van der Waals surface area contributed by atoms with Crippen molar-refractivity contribution in [3.63, 3.8) is 0 Å². The predicted molar refractivity (Wildman–Crippen MR) is 73.6 cm³/mol. The summed E-state index contributed by atoms with van der Waals surface area (Å²) < 4.78 is 11.3. The maximum absolute atomic E-state index is 6.17. The van der Waals surface area contributed by atoms with Gasteiger partial charge >= 0.3 is 0 Å². The zero-order valence-electron chi connectivity index (χ0n) is 9.22. The Morgan fingerprint density at radius 3 is 2.65 bits per heavy atom. The van der Waals surface area contributed by atoms with Gasteiger partial charge in [0.2, 0.25) is 0 Å². The van der Waals surface area contributed by atoms with Crippen LogP contribution in [-0.4, -0.2) is 19.3 Å². The number of halogens is 3. The molecule has 1 aromatic carbocycles. The summed E-state index contributed by atoms with van der Waals surface area (Å²) in [6, 6.07) is 3.58. The number of benzene rings is 1. The molecule has 0 amide bonds. The van der Waals surface area contributed by atoms with Gasteiger partial charge in [0.05, 0.1) is 18.2 Å². The second-order valence-corrected chi connectivity index (χ2v) is 5.34. The van der Waals surface area contributed by atoms with E-state index in [-0.39, 0.29) is 6.10 Å². The van der Waals surface area contributed by atoms with Crippen molar-refractivity contribution in [2.24, 2.45) is 0 Å². The van der Waals surface area contributed by atoms with Gasteiger partial charge in [-0.2, -0.15) is 0 Å². The highest BCUT2D eigenvalue weighted by Crippen LogP contribution is 2.35. The minimum atomic E-state index is 0.181. The van der Waals surface area contributed by atoms with Crippen LogP contribution in [0.4, 0.5) is 0 Å².